The highest BCUT2D eigenvalue weighted by atomic mass is 35.5. The van der Waals surface area contributed by atoms with Gasteiger partial charge in [-0.25, -0.2) is 0 Å². The molecule has 1 aromatic rings. The van der Waals surface area contributed by atoms with E-state index in [1.54, 1.807) is 24.0 Å². The Balaban J connectivity index is 1.64. The molecule has 148 valence electrons. The summed E-state index contributed by atoms with van der Waals surface area (Å²) in [6.45, 7) is 0.709. The second kappa shape index (κ2) is 6.85. The summed E-state index contributed by atoms with van der Waals surface area (Å²) in [4.78, 5) is 26.4. The normalized spacial score (nSPS) is 23.6. The molecule has 2 saturated carbocycles. The zero-order valence-electron chi connectivity index (χ0n) is 14.6. The smallest absolute Gasteiger partial charge is 0.343 e. The van der Waals surface area contributed by atoms with Gasteiger partial charge in [-0.1, -0.05) is 12.1 Å². The fourth-order valence-electron chi connectivity index (χ4n) is 2.94. The molecule has 9 heteroatoms. The molecule has 2 fully saturated rings. The van der Waals surface area contributed by atoms with E-state index in [0.29, 0.717) is 13.0 Å². The average Bonchev–Trinajstić information content (AvgIpc) is 3.48. The number of alkyl halides is 5. The van der Waals surface area contributed by atoms with Gasteiger partial charge in [-0.3, -0.25) is 9.59 Å². The number of amides is 2. The molecule has 1 N–H and O–H groups in total. The van der Waals surface area contributed by atoms with Crippen LogP contribution in [0, 0.1) is 5.41 Å². The van der Waals surface area contributed by atoms with Crippen LogP contribution in [-0.4, -0.2) is 39.8 Å². The van der Waals surface area contributed by atoms with Gasteiger partial charge in [0, 0.05) is 18.2 Å². The summed E-state index contributed by atoms with van der Waals surface area (Å²) < 4.78 is 35.5. The molecular formula is C18H19Cl2F3N2O2. The molecular weight excluding hydrogens is 404 g/mol. The molecule has 1 aromatic carbocycles. The van der Waals surface area contributed by atoms with Crippen molar-refractivity contribution in [3.8, 4) is 0 Å². The lowest BCUT2D eigenvalue weighted by Gasteiger charge is -2.27. The van der Waals surface area contributed by atoms with Crippen molar-refractivity contribution in [2.24, 2.45) is 5.41 Å². The Labute approximate surface area is 165 Å². The fourth-order valence-corrected chi connectivity index (χ4v) is 3.64. The van der Waals surface area contributed by atoms with E-state index in [1.807, 2.05) is 5.32 Å². The van der Waals surface area contributed by atoms with Crippen LogP contribution in [0.5, 0.6) is 0 Å². The Morgan fingerprint density at radius 1 is 1.22 bits per heavy atom. The number of carbonyl (C=O) groups excluding carboxylic acids is 2. The van der Waals surface area contributed by atoms with Crippen LogP contribution in [0.4, 0.5) is 13.2 Å². The highest BCUT2D eigenvalue weighted by Crippen LogP contribution is 2.65. The second-order valence-corrected chi connectivity index (χ2v) is 8.86. The van der Waals surface area contributed by atoms with Gasteiger partial charge in [0.05, 0.1) is 5.41 Å². The first-order valence-corrected chi connectivity index (χ1v) is 9.31. The molecule has 4 nitrogen and oxygen atoms in total. The molecule has 0 spiro atoms. The zero-order valence-corrected chi connectivity index (χ0v) is 16.1. The molecule has 0 unspecified atom stereocenters. The van der Waals surface area contributed by atoms with E-state index in [-0.39, 0.29) is 17.5 Å². The Morgan fingerprint density at radius 2 is 1.78 bits per heavy atom. The van der Waals surface area contributed by atoms with Crippen LogP contribution < -0.4 is 5.32 Å². The molecule has 27 heavy (non-hydrogen) atoms. The van der Waals surface area contributed by atoms with Crippen molar-refractivity contribution >= 4 is 35.0 Å². The molecule has 3 rings (SSSR count). The largest absolute Gasteiger partial charge is 0.405 e. The van der Waals surface area contributed by atoms with Gasteiger partial charge in [-0.05, 0) is 43.9 Å². The van der Waals surface area contributed by atoms with Crippen molar-refractivity contribution in [1.82, 2.24) is 10.2 Å². The summed E-state index contributed by atoms with van der Waals surface area (Å²) in [7, 11) is 0. The number of hydrogen-bond acceptors (Lipinski definition) is 2. The number of halogens is 5. The lowest BCUT2D eigenvalue weighted by atomic mass is 10.1. The molecule has 0 aromatic heterocycles. The van der Waals surface area contributed by atoms with Gasteiger partial charge in [0.2, 0.25) is 5.91 Å². The first-order valence-electron chi connectivity index (χ1n) is 8.56. The summed E-state index contributed by atoms with van der Waals surface area (Å²) in [5, 5.41) is 1.82. The minimum atomic E-state index is -4.46. The van der Waals surface area contributed by atoms with Crippen LogP contribution in [0.1, 0.15) is 42.1 Å². The SMILES string of the molecule is C[C@]1(C(=O)N(Cc2ccc(C(=O)NCC(F)(F)F)cc2)C2CC2)CC1(Cl)Cl. The van der Waals surface area contributed by atoms with Gasteiger partial charge in [-0.2, -0.15) is 13.2 Å². The minimum absolute atomic E-state index is 0.0954. The number of nitrogens with zero attached hydrogens (tertiary/aromatic N) is 1. The van der Waals surface area contributed by atoms with E-state index in [9.17, 15) is 22.8 Å². The lowest BCUT2D eigenvalue weighted by molar-refractivity contribution is -0.137. The Hall–Kier alpha value is -1.47. The monoisotopic (exact) mass is 422 g/mol. The average molecular weight is 423 g/mol. The zero-order chi connectivity index (χ0) is 20.0. The van der Waals surface area contributed by atoms with E-state index >= 15 is 0 Å². The Kier molecular flexibility index (Phi) is 5.14. The van der Waals surface area contributed by atoms with Crippen molar-refractivity contribution in [2.45, 2.75) is 49.3 Å². The van der Waals surface area contributed by atoms with Crippen molar-refractivity contribution in [2.75, 3.05) is 6.54 Å². The van der Waals surface area contributed by atoms with Crippen molar-refractivity contribution in [3.63, 3.8) is 0 Å². The number of carbonyl (C=O) groups is 2. The van der Waals surface area contributed by atoms with Gasteiger partial charge in [0.25, 0.3) is 5.91 Å². The molecule has 2 aliphatic rings. The van der Waals surface area contributed by atoms with Crippen molar-refractivity contribution < 1.29 is 22.8 Å². The molecule has 0 radical (unpaired) electrons. The van der Waals surface area contributed by atoms with E-state index in [1.165, 1.54) is 12.1 Å². The van der Waals surface area contributed by atoms with Crippen LogP contribution in [-0.2, 0) is 11.3 Å². The maximum Gasteiger partial charge on any atom is 0.405 e. The van der Waals surface area contributed by atoms with Crippen LogP contribution in [0.2, 0.25) is 0 Å². The third-order valence-electron chi connectivity index (χ3n) is 5.00. The number of benzene rings is 1. The molecule has 0 bridgehead atoms. The predicted octanol–water partition coefficient (Wildman–Crippen LogP) is 4.05. The van der Waals surface area contributed by atoms with E-state index in [0.717, 1.165) is 18.4 Å². The molecule has 2 amide bonds. The van der Waals surface area contributed by atoms with Crippen LogP contribution >= 0.6 is 23.2 Å². The highest BCUT2D eigenvalue weighted by Gasteiger charge is 2.69. The Morgan fingerprint density at radius 3 is 2.22 bits per heavy atom. The van der Waals surface area contributed by atoms with Gasteiger partial charge in [-0.15, -0.1) is 23.2 Å². The van der Waals surface area contributed by atoms with Crippen molar-refractivity contribution in [3.05, 3.63) is 35.4 Å². The third-order valence-corrected chi connectivity index (χ3v) is 6.10. The maximum atomic E-state index is 12.9. The lowest BCUT2D eigenvalue weighted by Crippen LogP contribution is -2.39. The summed E-state index contributed by atoms with van der Waals surface area (Å²) in [6.07, 6.45) is -2.22. The quantitative estimate of drug-likeness (QED) is 0.702. The first-order chi connectivity index (χ1) is 12.4. The summed E-state index contributed by atoms with van der Waals surface area (Å²) in [6, 6.07) is 6.31. The van der Waals surface area contributed by atoms with Gasteiger partial charge < -0.3 is 10.2 Å². The molecule has 0 saturated heterocycles. The third kappa shape index (κ3) is 4.51. The van der Waals surface area contributed by atoms with Crippen LogP contribution in [0.3, 0.4) is 0 Å². The molecule has 0 aliphatic heterocycles. The molecule has 0 heterocycles. The number of rotatable bonds is 6. The first kappa shape index (κ1) is 20.3. The molecule has 1 atom stereocenters. The predicted molar refractivity (Wildman–Crippen MR) is 95.6 cm³/mol. The fraction of sp³-hybridized carbons (Fsp3) is 0.556. The number of hydrogen-bond donors (Lipinski definition) is 1. The minimum Gasteiger partial charge on any atom is -0.343 e. The van der Waals surface area contributed by atoms with Gasteiger partial charge in [0.15, 0.2) is 0 Å². The summed E-state index contributed by atoms with van der Waals surface area (Å²) in [5.74, 6) is -0.893. The summed E-state index contributed by atoms with van der Waals surface area (Å²) in [5.41, 5.74) is 0.111. The van der Waals surface area contributed by atoms with E-state index in [2.05, 4.69) is 0 Å². The van der Waals surface area contributed by atoms with Crippen molar-refractivity contribution in [1.29, 1.82) is 0 Å². The highest BCUT2D eigenvalue weighted by molar-refractivity contribution is 6.53. The summed E-state index contributed by atoms with van der Waals surface area (Å²) >= 11 is 12.3. The topological polar surface area (TPSA) is 49.4 Å². The number of nitrogens with one attached hydrogen (secondary N) is 1. The van der Waals surface area contributed by atoms with Crippen LogP contribution in [0.15, 0.2) is 24.3 Å². The molecule has 2 aliphatic carbocycles. The maximum absolute atomic E-state index is 12.9. The Bertz CT molecular complexity index is 748. The van der Waals surface area contributed by atoms with Crippen LogP contribution in [0.25, 0.3) is 0 Å². The second-order valence-electron chi connectivity index (χ2n) is 7.37. The van der Waals surface area contributed by atoms with E-state index in [4.69, 9.17) is 23.2 Å². The van der Waals surface area contributed by atoms with Gasteiger partial charge >= 0.3 is 6.18 Å². The van der Waals surface area contributed by atoms with E-state index < -0.39 is 28.4 Å². The van der Waals surface area contributed by atoms with Gasteiger partial charge in [0.1, 0.15) is 10.9 Å². The standard InChI is InChI=1S/C18H19Cl2F3N2O2/c1-16(9-17(16,19)20)15(27)25(13-6-7-13)8-11-2-4-12(5-3-11)14(26)24-10-18(21,22)23/h2-5,13H,6-10H2,1H3,(H,24,26)/t16-/m1/s1.